The quantitative estimate of drug-likeness (QED) is 0.480. The fourth-order valence-corrected chi connectivity index (χ4v) is 5.04. The van der Waals surface area contributed by atoms with Crippen LogP contribution in [0, 0.1) is 16.7 Å². The van der Waals surface area contributed by atoms with Gasteiger partial charge in [-0.3, -0.25) is 4.98 Å². The molecule has 194 valence electrons. The van der Waals surface area contributed by atoms with E-state index in [1.807, 2.05) is 6.07 Å². The summed E-state index contributed by atoms with van der Waals surface area (Å²) in [5, 5.41) is 17.4. The van der Waals surface area contributed by atoms with E-state index in [1.165, 1.54) is 0 Å². The van der Waals surface area contributed by atoms with Gasteiger partial charge in [-0.1, -0.05) is 11.6 Å². The van der Waals surface area contributed by atoms with E-state index in [0.717, 1.165) is 43.7 Å². The maximum Gasteiger partial charge on any atom is 0.232 e. The highest BCUT2D eigenvalue weighted by Gasteiger charge is 2.34. The molecule has 9 nitrogen and oxygen atoms in total. The summed E-state index contributed by atoms with van der Waals surface area (Å²) in [4.78, 5) is 13.4. The Hall–Kier alpha value is -2.51. The zero-order valence-electron chi connectivity index (χ0n) is 21.0. The molecule has 0 amide bonds. The van der Waals surface area contributed by atoms with Crippen molar-refractivity contribution in [1.29, 1.82) is 5.26 Å². The summed E-state index contributed by atoms with van der Waals surface area (Å²) in [5.41, 5.74) is 0.774. The molecule has 36 heavy (non-hydrogen) atoms. The lowest BCUT2D eigenvalue weighted by Crippen LogP contribution is -2.42. The lowest BCUT2D eigenvalue weighted by atomic mass is 9.83. The van der Waals surface area contributed by atoms with Crippen molar-refractivity contribution >= 4 is 17.4 Å². The molecule has 2 N–H and O–H groups in total. The van der Waals surface area contributed by atoms with Crippen LogP contribution < -0.4 is 15.4 Å². The third kappa shape index (κ3) is 7.04. The first kappa shape index (κ1) is 26.6. The number of nitrogens with one attached hydrogen (secondary N) is 2. The van der Waals surface area contributed by atoms with Crippen LogP contribution in [-0.4, -0.2) is 66.6 Å². The van der Waals surface area contributed by atoms with Gasteiger partial charge in [-0.05, 0) is 51.5 Å². The number of rotatable bonds is 10. The Morgan fingerprint density at radius 2 is 1.94 bits per heavy atom. The molecule has 2 aromatic rings. The maximum absolute atomic E-state index is 9.67. The monoisotopic (exact) mass is 514 g/mol. The Labute approximate surface area is 217 Å². The van der Waals surface area contributed by atoms with Crippen LogP contribution in [0.2, 0.25) is 5.02 Å². The highest BCUT2D eigenvalue weighted by Crippen LogP contribution is 2.32. The Kier molecular flexibility index (Phi) is 9.32. The minimum Gasteiger partial charge on any atom is -0.475 e. The van der Waals surface area contributed by atoms with Gasteiger partial charge in [0.05, 0.1) is 41.2 Å². The molecule has 2 aliphatic rings. The van der Waals surface area contributed by atoms with Crippen molar-refractivity contribution < 1.29 is 14.2 Å². The van der Waals surface area contributed by atoms with Crippen LogP contribution in [-0.2, 0) is 9.47 Å². The number of ether oxygens (including phenoxy) is 3. The van der Waals surface area contributed by atoms with Crippen molar-refractivity contribution in [2.75, 3.05) is 38.9 Å². The summed E-state index contributed by atoms with van der Waals surface area (Å²) < 4.78 is 16.5. The topological polar surface area (TPSA) is 114 Å². The molecular formula is C26H35ClN6O3. The van der Waals surface area contributed by atoms with Crippen LogP contribution in [0.5, 0.6) is 5.88 Å². The van der Waals surface area contributed by atoms with Gasteiger partial charge < -0.3 is 24.8 Å². The van der Waals surface area contributed by atoms with Gasteiger partial charge in [0, 0.05) is 50.2 Å². The summed E-state index contributed by atoms with van der Waals surface area (Å²) in [6.45, 7) is 4.26. The lowest BCUT2D eigenvalue weighted by Gasteiger charge is -2.32. The number of nitrogens with zero attached hydrogens (tertiary/aromatic N) is 4. The van der Waals surface area contributed by atoms with Crippen LogP contribution in [0.15, 0.2) is 24.7 Å². The van der Waals surface area contributed by atoms with Crippen LogP contribution in [0.1, 0.15) is 45.4 Å². The molecule has 4 rings (SSSR count). The SMILES string of the molecule is COCC(C)NC1CCC(Nc2cc(-c3cncc(OCC4(C#N)CCOCC4)n3)c(Cl)cn2)CC1. The molecule has 0 aromatic carbocycles. The standard InChI is InChI=1S/C26H35ClN6O3/c1-18(15-34-2)31-19-3-5-20(6-4-19)32-24-11-21(22(27)12-30-24)23-13-29-14-25(33-23)36-17-26(16-28)7-9-35-10-8-26/h11-14,18-20,31H,3-10,15,17H2,1-2H3,(H,30,32). The number of halogens is 1. The first-order valence-corrected chi connectivity index (χ1v) is 13.0. The largest absolute Gasteiger partial charge is 0.475 e. The molecule has 1 unspecified atom stereocenters. The summed E-state index contributed by atoms with van der Waals surface area (Å²) in [6.07, 6.45) is 10.5. The molecule has 1 saturated heterocycles. The molecule has 0 spiro atoms. The number of nitriles is 1. The van der Waals surface area contributed by atoms with E-state index in [0.29, 0.717) is 60.8 Å². The second-order valence-corrected chi connectivity index (χ2v) is 10.2. The first-order chi connectivity index (χ1) is 17.5. The van der Waals surface area contributed by atoms with Gasteiger partial charge in [0.2, 0.25) is 5.88 Å². The summed E-state index contributed by atoms with van der Waals surface area (Å²) in [7, 11) is 1.73. The number of methoxy groups -OCH3 is 1. The van der Waals surface area contributed by atoms with Crippen LogP contribution in [0.25, 0.3) is 11.3 Å². The number of anilines is 1. The fraction of sp³-hybridized carbons (Fsp3) is 0.615. The minimum atomic E-state index is -0.558. The van der Waals surface area contributed by atoms with Gasteiger partial charge in [0.1, 0.15) is 12.4 Å². The van der Waals surface area contributed by atoms with Crippen LogP contribution in [0.3, 0.4) is 0 Å². The molecule has 0 radical (unpaired) electrons. The van der Waals surface area contributed by atoms with Crippen molar-refractivity contribution in [1.82, 2.24) is 20.3 Å². The average Bonchev–Trinajstić information content (AvgIpc) is 2.90. The molecule has 3 heterocycles. The van der Waals surface area contributed by atoms with Gasteiger partial charge in [-0.25, -0.2) is 9.97 Å². The summed E-state index contributed by atoms with van der Waals surface area (Å²) >= 11 is 6.49. The second kappa shape index (κ2) is 12.6. The van der Waals surface area contributed by atoms with E-state index >= 15 is 0 Å². The predicted molar refractivity (Wildman–Crippen MR) is 138 cm³/mol. The average molecular weight is 515 g/mol. The van der Waals surface area contributed by atoms with E-state index in [1.54, 1.807) is 25.7 Å². The number of hydrogen-bond donors (Lipinski definition) is 2. The molecule has 2 fully saturated rings. The molecule has 0 bridgehead atoms. The van der Waals surface area contributed by atoms with E-state index in [9.17, 15) is 5.26 Å². The first-order valence-electron chi connectivity index (χ1n) is 12.6. The zero-order chi connectivity index (χ0) is 25.4. The van der Waals surface area contributed by atoms with Crippen molar-refractivity contribution in [2.45, 2.75) is 63.6 Å². The molecule has 1 aliphatic carbocycles. The van der Waals surface area contributed by atoms with Crippen molar-refractivity contribution in [3.63, 3.8) is 0 Å². The number of aromatic nitrogens is 3. The van der Waals surface area contributed by atoms with Crippen LogP contribution >= 0.6 is 11.6 Å². The fourth-order valence-electron chi connectivity index (χ4n) is 4.84. The van der Waals surface area contributed by atoms with E-state index in [2.05, 4.69) is 38.6 Å². The van der Waals surface area contributed by atoms with Crippen molar-refractivity contribution in [3.05, 3.63) is 29.7 Å². The normalized spacial score (nSPS) is 22.4. The van der Waals surface area contributed by atoms with Gasteiger partial charge in [-0.2, -0.15) is 5.26 Å². The van der Waals surface area contributed by atoms with Crippen LogP contribution in [0.4, 0.5) is 5.82 Å². The third-order valence-corrected chi connectivity index (χ3v) is 7.24. The summed E-state index contributed by atoms with van der Waals surface area (Å²) in [5.74, 6) is 1.13. The van der Waals surface area contributed by atoms with E-state index < -0.39 is 5.41 Å². The highest BCUT2D eigenvalue weighted by atomic mass is 35.5. The predicted octanol–water partition coefficient (Wildman–Crippen LogP) is 4.24. The lowest BCUT2D eigenvalue weighted by molar-refractivity contribution is 0.0182. The van der Waals surface area contributed by atoms with Gasteiger partial charge in [0.15, 0.2) is 0 Å². The molecule has 1 atom stereocenters. The number of pyridine rings is 1. The third-order valence-electron chi connectivity index (χ3n) is 6.94. The highest BCUT2D eigenvalue weighted by molar-refractivity contribution is 6.33. The molecule has 10 heteroatoms. The zero-order valence-corrected chi connectivity index (χ0v) is 21.8. The smallest absolute Gasteiger partial charge is 0.232 e. The number of hydrogen-bond acceptors (Lipinski definition) is 9. The second-order valence-electron chi connectivity index (χ2n) is 9.80. The van der Waals surface area contributed by atoms with Crippen molar-refractivity contribution in [3.8, 4) is 23.2 Å². The maximum atomic E-state index is 9.67. The van der Waals surface area contributed by atoms with Crippen molar-refractivity contribution in [2.24, 2.45) is 5.41 Å². The summed E-state index contributed by atoms with van der Waals surface area (Å²) in [6, 6.07) is 5.54. The Balaban J connectivity index is 1.37. The van der Waals surface area contributed by atoms with Gasteiger partial charge in [0.25, 0.3) is 0 Å². The molecule has 1 saturated carbocycles. The Morgan fingerprint density at radius 1 is 1.19 bits per heavy atom. The Morgan fingerprint density at radius 3 is 2.67 bits per heavy atom. The van der Waals surface area contributed by atoms with Gasteiger partial charge in [-0.15, -0.1) is 0 Å². The molecular weight excluding hydrogens is 480 g/mol. The Bertz CT molecular complexity index is 1030. The minimum absolute atomic E-state index is 0.254. The molecule has 2 aromatic heterocycles. The van der Waals surface area contributed by atoms with E-state index in [-0.39, 0.29) is 6.61 Å². The molecule has 1 aliphatic heterocycles. The van der Waals surface area contributed by atoms with E-state index in [4.69, 9.17) is 25.8 Å². The van der Waals surface area contributed by atoms with Gasteiger partial charge >= 0.3 is 0 Å².